The summed E-state index contributed by atoms with van der Waals surface area (Å²) in [4.78, 5) is 28.8. The average molecular weight is 451 g/mol. The summed E-state index contributed by atoms with van der Waals surface area (Å²) in [7, 11) is 0. The lowest BCUT2D eigenvalue weighted by molar-refractivity contribution is -0.117. The van der Waals surface area contributed by atoms with E-state index in [9.17, 15) is 9.59 Å². The molecule has 8 heteroatoms. The number of aromatic nitrogens is 2. The van der Waals surface area contributed by atoms with Crippen molar-refractivity contribution in [2.45, 2.75) is 38.8 Å². The van der Waals surface area contributed by atoms with Gasteiger partial charge in [0.1, 0.15) is 0 Å². The second-order valence-electron chi connectivity index (χ2n) is 8.29. The molecule has 1 saturated carbocycles. The van der Waals surface area contributed by atoms with Crippen LogP contribution in [0, 0.1) is 0 Å². The maximum atomic E-state index is 13.2. The highest BCUT2D eigenvalue weighted by molar-refractivity contribution is 6.32. The summed E-state index contributed by atoms with van der Waals surface area (Å²) in [5, 5.41) is 4.83. The Morgan fingerprint density at radius 2 is 1.88 bits per heavy atom. The highest BCUT2D eigenvalue weighted by Crippen LogP contribution is 2.40. The van der Waals surface area contributed by atoms with Crippen molar-refractivity contribution in [1.82, 2.24) is 9.78 Å². The summed E-state index contributed by atoms with van der Waals surface area (Å²) >= 11 is 6.18. The highest BCUT2D eigenvalue weighted by atomic mass is 35.5. The molecule has 0 radical (unpaired) electrons. The van der Waals surface area contributed by atoms with Crippen molar-refractivity contribution in [3.63, 3.8) is 0 Å². The third-order valence-corrected chi connectivity index (χ3v) is 6.17. The molecule has 0 bridgehead atoms. The Hall–Kier alpha value is -3.32. The van der Waals surface area contributed by atoms with Crippen LogP contribution in [0.25, 0.3) is 11.1 Å². The zero-order chi connectivity index (χ0) is 22.4. The number of fused-ring (bicyclic) bond motifs is 1. The fraction of sp³-hybridized carbons (Fsp3) is 0.292. The Morgan fingerprint density at radius 3 is 2.59 bits per heavy atom. The highest BCUT2D eigenvalue weighted by Gasteiger charge is 2.35. The molecule has 2 aromatic carbocycles. The van der Waals surface area contributed by atoms with Crippen LogP contribution in [-0.4, -0.2) is 34.4 Å². The van der Waals surface area contributed by atoms with Gasteiger partial charge in [-0.3, -0.25) is 14.4 Å². The zero-order valence-electron chi connectivity index (χ0n) is 17.9. The van der Waals surface area contributed by atoms with Crippen LogP contribution in [0.1, 0.15) is 32.7 Å². The molecular formula is C24H23ClN4O3. The average Bonchev–Trinajstić information content (AvgIpc) is 3.50. The number of para-hydroxylation sites is 1. The van der Waals surface area contributed by atoms with Crippen LogP contribution in [-0.2, 0) is 4.79 Å². The van der Waals surface area contributed by atoms with Gasteiger partial charge >= 0.3 is 6.09 Å². The van der Waals surface area contributed by atoms with Gasteiger partial charge in [0.25, 0.3) is 0 Å². The summed E-state index contributed by atoms with van der Waals surface area (Å²) < 4.78 is 7.60. The van der Waals surface area contributed by atoms with E-state index in [0.29, 0.717) is 34.7 Å². The number of rotatable bonds is 3. The minimum Gasteiger partial charge on any atom is -0.408 e. The van der Waals surface area contributed by atoms with Crippen molar-refractivity contribution in [1.29, 1.82) is 0 Å². The molecule has 0 saturated heterocycles. The van der Waals surface area contributed by atoms with Crippen molar-refractivity contribution in [3.8, 4) is 16.9 Å². The largest absolute Gasteiger partial charge is 0.419 e. The lowest BCUT2D eigenvalue weighted by Gasteiger charge is -2.40. The SMILES string of the molecule is CC(=O)N1c2ccc(-c3cnn(C4CC4)c3)cc2N(C(=O)Oc2ccccc2Cl)C[C@@H]1C. The third kappa shape index (κ3) is 3.73. The molecule has 164 valence electrons. The lowest BCUT2D eigenvalue weighted by Crippen LogP contribution is -2.52. The molecule has 5 rings (SSSR count). The van der Waals surface area contributed by atoms with Crippen LogP contribution in [0.5, 0.6) is 5.75 Å². The summed E-state index contributed by atoms with van der Waals surface area (Å²) in [5.41, 5.74) is 3.18. The van der Waals surface area contributed by atoms with Crippen molar-refractivity contribution in [3.05, 3.63) is 59.9 Å². The zero-order valence-corrected chi connectivity index (χ0v) is 18.6. The molecule has 7 nitrogen and oxygen atoms in total. The molecule has 0 spiro atoms. The van der Waals surface area contributed by atoms with Gasteiger partial charge in [-0.2, -0.15) is 5.10 Å². The Kier molecular flexibility index (Phi) is 5.13. The van der Waals surface area contributed by atoms with Gasteiger partial charge in [-0.15, -0.1) is 0 Å². The quantitative estimate of drug-likeness (QED) is 0.543. The monoisotopic (exact) mass is 450 g/mol. The van der Waals surface area contributed by atoms with Crippen LogP contribution >= 0.6 is 11.6 Å². The molecule has 2 amide bonds. The van der Waals surface area contributed by atoms with Gasteiger partial charge in [0.2, 0.25) is 5.91 Å². The fourth-order valence-electron chi connectivity index (χ4n) is 4.16. The Morgan fingerprint density at radius 1 is 1.09 bits per heavy atom. The van der Waals surface area contributed by atoms with E-state index in [0.717, 1.165) is 24.0 Å². The minimum absolute atomic E-state index is 0.0767. The summed E-state index contributed by atoms with van der Waals surface area (Å²) in [6.45, 7) is 3.75. The standard InChI is InChI=1S/C24H23ClN4O3/c1-15-13-27(24(31)32-23-6-4-3-5-20(23)25)22-11-17(7-10-21(22)29(15)16(2)30)18-12-26-28(14-18)19-8-9-19/h3-7,10-12,14-15,19H,8-9,13H2,1-2H3/t15-/m0/s1. The molecule has 1 fully saturated rings. The lowest BCUT2D eigenvalue weighted by atomic mass is 10.0. The number of carbonyl (C=O) groups is 2. The van der Waals surface area contributed by atoms with Gasteiger partial charge in [-0.25, -0.2) is 4.79 Å². The maximum Gasteiger partial charge on any atom is 0.419 e. The van der Waals surface area contributed by atoms with E-state index in [1.807, 2.05) is 42.2 Å². The van der Waals surface area contributed by atoms with Crippen molar-refractivity contribution < 1.29 is 14.3 Å². The number of hydrogen-bond acceptors (Lipinski definition) is 4. The third-order valence-electron chi connectivity index (χ3n) is 5.86. The normalized spacial score (nSPS) is 17.8. The van der Waals surface area contributed by atoms with Gasteiger partial charge in [0, 0.05) is 25.2 Å². The molecule has 0 N–H and O–H groups in total. The van der Waals surface area contributed by atoms with E-state index in [2.05, 4.69) is 5.10 Å². The van der Waals surface area contributed by atoms with E-state index in [1.165, 1.54) is 6.92 Å². The smallest absolute Gasteiger partial charge is 0.408 e. The van der Waals surface area contributed by atoms with Crippen molar-refractivity contribution in [2.75, 3.05) is 16.3 Å². The minimum atomic E-state index is -0.541. The predicted octanol–water partition coefficient (Wildman–Crippen LogP) is 5.30. The molecule has 1 atom stereocenters. The number of hydrogen-bond donors (Lipinski definition) is 0. The van der Waals surface area contributed by atoms with Gasteiger partial charge in [0.15, 0.2) is 5.75 Å². The first-order valence-electron chi connectivity index (χ1n) is 10.6. The summed E-state index contributed by atoms with van der Waals surface area (Å²) in [6.07, 6.45) is 5.62. The second kappa shape index (κ2) is 7.98. The van der Waals surface area contributed by atoms with Crippen molar-refractivity contribution >= 4 is 35.0 Å². The number of benzene rings is 2. The molecule has 3 aromatic rings. The predicted molar refractivity (Wildman–Crippen MR) is 123 cm³/mol. The van der Waals surface area contributed by atoms with Gasteiger partial charge in [-0.1, -0.05) is 29.8 Å². The second-order valence-corrected chi connectivity index (χ2v) is 8.70. The van der Waals surface area contributed by atoms with Crippen LogP contribution in [0.2, 0.25) is 5.02 Å². The molecule has 0 unspecified atom stereocenters. The van der Waals surface area contributed by atoms with E-state index >= 15 is 0 Å². The molecule has 2 heterocycles. The fourth-order valence-corrected chi connectivity index (χ4v) is 4.33. The first-order chi connectivity index (χ1) is 15.4. The van der Waals surface area contributed by atoms with Gasteiger partial charge in [-0.05, 0) is 49.6 Å². The van der Waals surface area contributed by atoms with E-state index in [1.54, 1.807) is 34.1 Å². The summed E-state index contributed by atoms with van der Waals surface area (Å²) in [6, 6.07) is 12.9. The topological polar surface area (TPSA) is 67.7 Å². The van der Waals surface area contributed by atoms with Crippen LogP contribution in [0.4, 0.5) is 16.2 Å². The first-order valence-corrected chi connectivity index (χ1v) is 11.0. The molecule has 1 aliphatic carbocycles. The first kappa shape index (κ1) is 20.6. The molecule has 2 aliphatic rings. The number of nitrogens with zero attached hydrogens (tertiary/aromatic N) is 4. The van der Waals surface area contributed by atoms with Crippen molar-refractivity contribution in [2.24, 2.45) is 0 Å². The number of ether oxygens (including phenoxy) is 1. The number of halogens is 1. The molecular weight excluding hydrogens is 428 g/mol. The van der Waals surface area contributed by atoms with E-state index in [4.69, 9.17) is 16.3 Å². The van der Waals surface area contributed by atoms with Gasteiger partial charge < -0.3 is 9.64 Å². The van der Waals surface area contributed by atoms with Crippen LogP contribution in [0.15, 0.2) is 54.9 Å². The van der Waals surface area contributed by atoms with E-state index < -0.39 is 6.09 Å². The molecule has 1 aromatic heterocycles. The number of carbonyl (C=O) groups excluding carboxylic acids is 2. The molecule has 32 heavy (non-hydrogen) atoms. The Balaban J connectivity index is 1.53. The van der Waals surface area contributed by atoms with Crippen LogP contribution in [0.3, 0.4) is 0 Å². The van der Waals surface area contributed by atoms with E-state index in [-0.39, 0.29) is 11.9 Å². The number of amides is 2. The number of anilines is 2. The Bertz CT molecular complexity index is 1200. The van der Waals surface area contributed by atoms with Gasteiger partial charge in [0.05, 0.1) is 34.7 Å². The molecule has 1 aliphatic heterocycles. The van der Waals surface area contributed by atoms with Crippen LogP contribution < -0.4 is 14.5 Å². The maximum absolute atomic E-state index is 13.2. The Labute approximate surface area is 191 Å². The summed E-state index contributed by atoms with van der Waals surface area (Å²) in [5.74, 6) is 0.219.